The van der Waals surface area contributed by atoms with Gasteiger partial charge in [-0.15, -0.1) is 0 Å². The number of carbonyl (C=O) groups excluding carboxylic acids is 1. The van der Waals surface area contributed by atoms with Crippen LogP contribution in [0.2, 0.25) is 0 Å². The third-order valence-corrected chi connectivity index (χ3v) is 4.90. The number of rotatable bonds is 2. The van der Waals surface area contributed by atoms with Crippen molar-refractivity contribution in [3.8, 4) is 0 Å². The molecule has 3 rings (SSSR count). The lowest BCUT2D eigenvalue weighted by atomic mass is 9.75. The van der Waals surface area contributed by atoms with E-state index in [2.05, 4.69) is 0 Å². The normalized spacial score (nSPS) is 25.2. The molecule has 2 atom stereocenters. The third-order valence-electron chi connectivity index (χ3n) is 4.90. The van der Waals surface area contributed by atoms with E-state index in [1.54, 1.807) is 12.1 Å². The maximum Gasteiger partial charge on any atom is 0.269 e. The molecule has 0 N–H and O–H groups in total. The molecule has 1 heterocycles. The van der Waals surface area contributed by atoms with E-state index < -0.39 is 4.92 Å². The molecule has 0 unspecified atom stereocenters. The number of benzene rings is 1. The Morgan fingerprint density at radius 2 is 1.76 bits per heavy atom. The van der Waals surface area contributed by atoms with Gasteiger partial charge in [0.2, 0.25) is 0 Å². The van der Waals surface area contributed by atoms with Gasteiger partial charge in [0.15, 0.2) is 0 Å². The average molecular weight is 288 g/mol. The van der Waals surface area contributed by atoms with E-state index in [1.807, 2.05) is 4.90 Å². The summed E-state index contributed by atoms with van der Waals surface area (Å²) in [6, 6.07) is 5.93. The predicted molar refractivity (Wildman–Crippen MR) is 79.1 cm³/mol. The summed E-state index contributed by atoms with van der Waals surface area (Å²) in [6.07, 6.45) is 6.25. The molecule has 1 saturated heterocycles. The number of hydrogen-bond acceptors (Lipinski definition) is 3. The molecule has 1 aromatic rings. The van der Waals surface area contributed by atoms with Crippen molar-refractivity contribution in [2.75, 3.05) is 13.1 Å². The Hall–Kier alpha value is -1.91. The van der Waals surface area contributed by atoms with Gasteiger partial charge in [0.25, 0.3) is 11.6 Å². The van der Waals surface area contributed by atoms with Crippen molar-refractivity contribution in [2.45, 2.75) is 32.1 Å². The predicted octanol–water partition coefficient (Wildman–Crippen LogP) is 3.25. The molecule has 1 aliphatic carbocycles. The minimum absolute atomic E-state index is 0.00826. The molecule has 1 saturated carbocycles. The molecule has 0 bridgehead atoms. The van der Waals surface area contributed by atoms with Crippen LogP contribution < -0.4 is 0 Å². The number of piperidine rings is 1. The summed E-state index contributed by atoms with van der Waals surface area (Å²) in [4.78, 5) is 24.6. The molecule has 1 amide bonds. The Kier molecular flexibility index (Phi) is 3.90. The number of likely N-dealkylation sites (tertiary alicyclic amines) is 1. The fourth-order valence-corrected chi connectivity index (χ4v) is 3.69. The minimum Gasteiger partial charge on any atom is -0.338 e. The molecule has 112 valence electrons. The molecule has 2 fully saturated rings. The van der Waals surface area contributed by atoms with Crippen molar-refractivity contribution < 1.29 is 9.72 Å². The van der Waals surface area contributed by atoms with Crippen LogP contribution in [0, 0.1) is 22.0 Å². The van der Waals surface area contributed by atoms with Crippen LogP contribution in [-0.4, -0.2) is 28.8 Å². The summed E-state index contributed by atoms with van der Waals surface area (Å²) in [7, 11) is 0. The van der Waals surface area contributed by atoms with Crippen LogP contribution in [-0.2, 0) is 0 Å². The largest absolute Gasteiger partial charge is 0.338 e. The maximum atomic E-state index is 12.5. The van der Waals surface area contributed by atoms with E-state index in [9.17, 15) is 14.9 Å². The van der Waals surface area contributed by atoms with Crippen molar-refractivity contribution in [3.63, 3.8) is 0 Å². The van der Waals surface area contributed by atoms with Crippen molar-refractivity contribution in [3.05, 3.63) is 39.9 Å². The molecule has 2 aliphatic rings. The fraction of sp³-hybridized carbons (Fsp3) is 0.562. The summed E-state index contributed by atoms with van der Waals surface area (Å²) in [5.74, 6) is 1.45. The molecular formula is C16H20N2O3. The number of nitro benzene ring substituents is 1. The number of fused-ring (bicyclic) bond motifs is 1. The first-order chi connectivity index (χ1) is 10.1. The number of nitro groups is 1. The lowest BCUT2D eigenvalue weighted by molar-refractivity contribution is -0.384. The van der Waals surface area contributed by atoms with Gasteiger partial charge in [0.05, 0.1) is 4.92 Å². The summed E-state index contributed by atoms with van der Waals surface area (Å²) in [5, 5.41) is 10.7. The molecular weight excluding hydrogens is 268 g/mol. The van der Waals surface area contributed by atoms with E-state index in [0.717, 1.165) is 25.4 Å². The van der Waals surface area contributed by atoms with Crippen molar-refractivity contribution in [1.82, 2.24) is 4.90 Å². The molecule has 21 heavy (non-hydrogen) atoms. The summed E-state index contributed by atoms with van der Waals surface area (Å²) in [5.41, 5.74) is 0.576. The van der Waals surface area contributed by atoms with Gasteiger partial charge in [-0.25, -0.2) is 0 Å². The third kappa shape index (κ3) is 2.91. The van der Waals surface area contributed by atoms with Crippen LogP contribution in [0.3, 0.4) is 0 Å². The first-order valence-electron chi connectivity index (χ1n) is 7.69. The Labute approximate surface area is 124 Å². The topological polar surface area (TPSA) is 63.4 Å². The number of hydrogen-bond donors (Lipinski definition) is 0. The zero-order chi connectivity index (χ0) is 14.8. The monoisotopic (exact) mass is 288 g/mol. The summed E-state index contributed by atoms with van der Waals surface area (Å²) >= 11 is 0. The minimum atomic E-state index is -0.443. The SMILES string of the molecule is O=C(c1ccc([N+](=O)[O-])cc1)N1CC[C@H]2CCCC[C@H]2C1. The molecule has 5 nitrogen and oxygen atoms in total. The van der Waals surface area contributed by atoms with E-state index in [0.29, 0.717) is 11.5 Å². The van der Waals surface area contributed by atoms with Gasteiger partial charge in [-0.3, -0.25) is 14.9 Å². The molecule has 1 aromatic carbocycles. The molecule has 1 aliphatic heterocycles. The van der Waals surface area contributed by atoms with Crippen LogP contribution in [0.25, 0.3) is 0 Å². The highest BCUT2D eigenvalue weighted by atomic mass is 16.6. The van der Waals surface area contributed by atoms with Gasteiger partial charge in [0, 0.05) is 30.8 Å². The van der Waals surface area contributed by atoms with Gasteiger partial charge < -0.3 is 4.90 Å². The van der Waals surface area contributed by atoms with Gasteiger partial charge in [0.1, 0.15) is 0 Å². The van der Waals surface area contributed by atoms with Crippen LogP contribution >= 0.6 is 0 Å². The van der Waals surface area contributed by atoms with Crippen LogP contribution in [0.5, 0.6) is 0 Å². The first kappa shape index (κ1) is 14.0. The highest BCUT2D eigenvalue weighted by Crippen LogP contribution is 2.36. The standard InChI is InChI=1S/C16H20N2O3/c19-16(13-5-7-15(8-6-13)18(20)21)17-10-9-12-3-1-2-4-14(12)11-17/h5-8,12,14H,1-4,9-11H2/t12-,14+/m1/s1. The molecule has 0 spiro atoms. The number of nitrogens with zero attached hydrogens (tertiary/aromatic N) is 2. The maximum absolute atomic E-state index is 12.5. The lowest BCUT2D eigenvalue weighted by Gasteiger charge is -2.41. The van der Waals surface area contributed by atoms with E-state index in [1.165, 1.54) is 37.8 Å². The number of carbonyl (C=O) groups is 1. The van der Waals surface area contributed by atoms with Crippen LogP contribution in [0.4, 0.5) is 5.69 Å². The highest BCUT2D eigenvalue weighted by Gasteiger charge is 2.33. The van der Waals surface area contributed by atoms with E-state index in [4.69, 9.17) is 0 Å². The number of amides is 1. The van der Waals surface area contributed by atoms with Gasteiger partial charge in [-0.1, -0.05) is 19.3 Å². The van der Waals surface area contributed by atoms with Gasteiger partial charge in [-0.2, -0.15) is 0 Å². The second-order valence-electron chi connectivity index (χ2n) is 6.15. The first-order valence-corrected chi connectivity index (χ1v) is 7.69. The molecule has 0 aromatic heterocycles. The number of non-ortho nitro benzene ring substituents is 1. The van der Waals surface area contributed by atoms with E-state index in [-0.39, 0.29) is 11.6 Å². The molecule has 0 radical (unpaired) electrons. The van der Waals surface area contributed by atoms with Gasteiger partial charge >= 0.3 is 0 Å². The summed E-state index contributed by atoms with van der Waals surface area (Å²) < 4.78 is 0. The zero-order valence-electron chi connectivity index (χ0n) is 12.0. The fourth-order valence-electron chi connectivity index (χ4n) is 3.69. The molecule has 5 heteroatoms. The second-order valence-corrected chi connectivity index (χ2v) is 6.15. The van der Waals surface area contributed by atoms with Crippen molar-refractivity contribution >= 4 is 11.6 Å². The van der Waals surface area contributed by atoms with Gasteiger partial charge in [-0.05, 0) is 36.8 Å². The highest BCUT2D eigenvalue weighted by molar-refractivity contribution is 5.94. The van der Waals surface area contributed by atoms with Crippen LogP contribution in [0.1, 0.15) is 42.5 Å². The average Bonchev–Trinajstić information content (AvgIpc) is 2.54. The van der Waals surface area contributed by atoms with Crippen molar-refractivity contribution in [1.29, 1.82) is 0 Å². The van der Waals surface area contributed by atoms with Crippen LogP contribution in [0.15, 0.2) is 24.3 Å². The lowest BCUT2D eigenvalue weighted by Crippen LogP contribution is -2.44. The Balaban J connectivity index is 1.68. The van der Waals surface area contributed by atoms with E-state index >= 15 is 0 Å². The Morgan fingerprint density at radius 1 is 1.10 bits per heavy atom. The Bertz CT molecular complexity index is 541. The van der Waals surface area contributed by atoms with Crippen molar-refractivity contribution in [2.24, 2.45) is 11.8 Å². The smallest absolute Gasteiger partial charge is 0.269 e. The Morgan fingerprint density at radius 3 is 2.43 bits per heavy atom. The second kappa shape index (κ2) is 5.84. The quantitative estimate of drug-likeness (QED) is 0.620. The summed E-state index contributed by atoms with van der Waals surface area (Å²) in [6.45, 7) is 1.66. The zero-order valence-corrected chi connectivity index (χ0v) is 12.0.